The molecular formula is C11H10S2. The molecule has 13 heavy (non-hydrogen) atoms. The van der Waals surface area contributed by atoms with Gasteiger partial charge in [-0.1, -0.05) is 0 Å². The molecule has 0 N–H and O–H groups in total. The molecule has 0 nitrogen and oxygen atoms in total. The van der Waals surface area contributed by atoms with E-state index in [4.69, 9.17) is 0 Å². The van der Waals surface area contributed by atoms with Gasteiger partial charge in [-0.25, -0.2) is 0 Å². The van der Waals surface area contributed by atoms with Gasteiger partial charge >= 0.3 is 0 Å². The van der Waals surface area contributed by atoms with E-state index in [9.17, 15) is 0 Å². The molecule has 0 spiro atoms. The Bertz CT molecular complexity index is 119. The van der Waals surface area contributed by atoms with E-state index in [-0.39, 0.29) is 0 Å². The van der Waals surface area contributed by atoms with Crippen LogP contribution in [0.15, 0.2) is 0 Å². The summed E-state index contributed by atoms with van der Waals surface area (Å²) in [5, 5.41) is 3.81. The van der Waals surface area contributed by atoms with Crippen molar-refractivity contribution in [3.63, 3.8) is 0 Å². The second kappa shape index (κ2) is 5.55. The van der Waals surface area contributed by atoms with Crippen molar-refractivity contribution in [2.24, 2.45) is 0 Å². The predicted molar refractivity (Wildman–Crippen MR) is 60.9 cm³/mol. The highest BCUT2D eigenvalue weighted by Crippen LogP contribution is 2.40. The molecule has 0 bridgehead atoms. The molecule has 0 aromatic carbocycles. The average Bonchev–Trinajstić information content (AvgIpc) is 2.75. The summed E-state index contributed by atoms with van der Waals surface area (Å²) in [6.45, 7) is 0. The van der Waals surface area contributed by atoms with Crippen LogP contribution >= 0.6 is 23.5 Å². The third-order valence-corrected chi connectivity index (χ3v) is 3.87. The first kappa shape index (κ1) is 10.2. The van der Waals surface area contributed by atoms with Crippen molar-refractivity contribution in [1.29, 1.82) is 0 Å². The Hall–Kier alpha value is 0.700. The van der Waals surface area contributed by atoms with E-state index in [1.807, 2.05) is 23.5 Å². The van der Waals surface area contributed by atoms with Gasteiger partial charge in [0.05, 0.1) is 0 Å². The molecule has 0 aliphatic heterocycles. The maximum absolute atomic E-state index is 2.15. The van der Waals surface area contributed by atoms with Crippen LogP contribution in [-0.2, 0) is 0 Å². The van der Waals surface area contributed by atoms with Crippen molar-refractivity contribution in [3.05, 3.63) is 61.9 Å². The lowest BCUT2D eigenvalue weighted by Crippen LogP contribution is -1.89. The quantitative estimate of drug-likeness (QED) is 0.648. The average molecular weight is 206 g/mol. The third-order valence-electron chi connectivity index (χ3n) is 1.72. The molecule has 0 heterocycles. The Labute approximate surface area is 90.6 Å². The zero-order chi connectivity index (χ0) is 8.93. The minimum atomic E-state index is 1.09. The molecular weight excluding hydrogens is 196 g/mol. The summed E-state index contributed by atoms with van der Waals surface area (Å²) >= 11 is 3.78. The molecule has 0 atom stereocenters. The first-order valence-electron chi connectivity index (χ1n) is 4.14. The molecule has 2 aliphatic rings. The zero-order valence-electron chi connectivity index (χ0n) is 7.14. The van der Waals surface area contributed by atoms with Crippen LogP contribution in [0.4, 0.5) is 0 Å². The van der Waals surface area contributed by atoms with Crippen LogP contribution in [0.25, 0.3) is 0 Å². The summed E-state index contributed by atoms with van der Waals surface area (Å²) in [6.07, 6.45) is 16.9. The second-order valence-corrected chi connectivity index (χ2v) is 5.11. The van der Waals surface area contributed by atoms with Gasteiger partial charge in [0.25, 0.3) is 0 Å². The minimum absolute atomic E-state index is 1.09. The Kier molecular flexibility index (Phi) is 4.36. The Morgan fingerprint density at radius 1 is 0.692 bits per heavy atom. The van der Waals surface area contributed by atoms with Gasteiger partial charge < -0.3 is 0 Å². The first-order valence-corrected chi connectivity index (χ1v) is 6.11. The van der Waals surface area contributed by atoms with Crippen LogP contribution in [0.5, 0.6) is 0 Å². The fourth-order valence-electron chi connectivity index (χ4n) is 1.07. The highest BCUT2D eigenvalue weighted by Gasteiger charge is 2.20. The standard InChI is InChI=1S/C11H10S2/c1-2-6-10(5-1)12-9-13-11-7-3-4-8-11/h1-8H,9H2. The smallest absolute Gasteiger partial charge is 0.0404 e. The van der Waals surface area contributed by atoms with Crippen molar-refractivity contribution in [2.45, 2.75) is 0 Å². The maximum Gasteiger partial charge on any atom is 0.0404 e. The Morgan fingerprint density at radius 3 is 1.46 bits per heavy atom. The molecule has 0 aromatic heterocycles. The number of rotatable bonds is 4. The molecule has 2 saturated carbocycles. The van der Waals surface area contributed by atoms with Crippen LogP contribution in [0.3, 0.4) is 0 Å². The summed E-state index contributed by atoms with van der Waals surface area (Å²) in [5.74, 6) is 0. The predicted octanol–water partition coefficient (Wildman–Crippen LogP) is 3.14. The van der Waals surface area contributed by atoms with Crippen molar-refractivity contribution in [2.75, 3.05) is 5.08 Å². The van der Waals surface area contributed by atoms with Gasteiger partial charge in [-0.15, -0.1) is 23.5 Å². The van der Waals surface area contributed by atoms with Gasteiger partial charge in [-0.2, -0.15) is 0 Å². The topological polar surface area (TPSA) is 0 Å². The van der Waals surface area contributed by atoms with Crippen LogP contribution in [0.2, 0.25) is 0 Å². The SMILES string of the molecule is [CH]1[CH][CH][C](SCS[C]2[CH][CH][CH][CH]2)[CH]1. The molecule has 2 heteroatoms. The highest BCUT2D eigenvalue weighted by molar-refractivity contribution is 8.18. The van der Waals surface area contributed by atoms with E-state index >= 15 is 0 Å². The van der Waals surface area contributed by atoms with Crippen molar-refractivity contribution in [1.82, 2.24) is 0 Å². The van der Waals surface area contributed by atoms with E-state index in [0.717, 1.165) is 5.08 Å². The lowest BCUT2D eigenvalue weighted by atomic mass is 10.4. The zero-order valence-corrected chi connectivity index (χ0v) is 8.78. The summed E-state index contributed by atoms with van der Waals surface area (Å²) in [6, 6.07) is 0. The molecule has 2 aliphatic carbocycles. The van der Waals surface area contributed by atoms with Crippen molar-refractivity contribution < 1.29 is 0 Å². The molecule has 10 radical (unpaired) electrons. The number of thioether (sulfide) groups is 2. The molecule has 0 aromatic rings. The summed E-state index contributed by atoms with van der Waals surface area (Å²) in [7, 11) is 0. The lowest BCUT2D eigenvalue weighted by Gasteiger charge is -2.09. The summed E-state index contributed by atoms with van der Waals surface area (Å²) in [5.41, 5.74) is 0. The van der Waals surface area contributed by atoms with Gasteiger partial charge in [0.1, 0.15) is 0 Å². The largest absolute Gasteiger partial charge is 0.142 e. The monoisotopic (exact) mass is 206 g/mol. The fraction of sp³-hybridized carbons (Fsp3) is 0.0909. The van der Waals surface area contributed by atoms with Crippen molar-refractivity contribution in [3.8, 4) is 0 Å². The molecule has 66 valence electrons. The third kappa shape index (κ3) is 3.39. The van der Waals surface area contributed by atoms with Gasteiger partial charge in [-0.05, 0) is 51.4 Å². The number of hydrogen-bond acceptors (Lipinski definition) is 2. The molecule has 2 fully saturated rings. The maximum atomic E-state index is 2.15. The van der Waals surface area contributed by atoms with E-state index < -0.39 is 0 Å². The second-order valence-electron chi connectivity index (χ2n) is 2.65. The molecule has 2 rings (SSSR count). The Balaban J connectivity index is 1.52. The first-order chi connectivity index (χ1) is 6.45. The van der Waals surface area contributed by atoms with E-state index in [1.54, 1.807) is 0 Å². The van der Waals surface area contributed by atoms with Gasteiger partial charge in [0, 0.05) is 15.6 Å². The van der Waals surface area contributed by atoms with Crippen LogP contribution in [0.1, 0.15) is 0 Å². The fourth-order valence-corrected chi connectivity index (χ4v) is 3.09. The lowest BCUT2D eigenvalue weighted by molar-refractivity contribution is 1.53. The number of hydrogen-bond donors (Lipinski definition) is 0. The highest BCUT2D eigenvalue weighted by atomic mass is 32.2. The molecule has 0 amide bonds. The van der Waals surface area contributed by atoms with E-state index in [1.165, 1.54) is 10.5 Å². The van der Waals surface area contributed by atoms with Crippen LogP contribution in [-0.4, -0.2) is 5.08 Å². The Morgan fingerprint density at radius 2 is 1.08 bits per heavy atom. The van der Waals surface area contributed by atoms with Gasteiger partial charge in [0.15, 0.2) is 0 Å². The minimum Gasteiger partial charge on any atom is -0.142 e. The molecule has 0 unspecified atom stereocenters. The van der Waals surface area contributed by atoms with Gasteiger partial charge in [-0.3, -0.25) is 0 Å². The summed E-state index contributed by atoms with van der Waals surface area (Å²) in [4.78, 5) is 0. The van der Waals surface area contributed by atoms with Crippen molar-refractivity contribution >= 4 is 23.5 Å². The molecule has 0 saturated heterocycles. The van der Waals surface area contributed by atoms with Gasteiger partial charge in [0.2, 0.25) is 0 Å². The van der Waals surface area contributed by atoms with E-state index in [2.05, 4.69) is 51.4 Å². The van der Waals surface area contributed by atoms with E-state index in [0.29, 0.717) is 0 Å². The summed E-state index contributed by atoms with van der Waals surface area (Å²) < 4.78 is 0. The normalized spacial score (nSPS) is 25.8. The van der Waals surface area contributed by atoms with Crippen LogP contribution < -0.4 is 0 Å². The van der Waals surface area contributed by atoms with Crippen LogP contribution in [0, 0.1) is 61.9 Å².